The second-order valence-corrected chi connectivity index (χ2v) is 7.20. The molecule has 1 saturated carbocycles. The molecule has 3 rings (SSSR count). The van der Waals surface area contributed by atoms with Crippen molar-refractivity contribution < 1.29 is 14.7 Å². The average Bonchev–Trinajstić information content (AvgIpc) is 3.18. The maximum atomic E-state index is 12.5. The van der Waals surface area contributed by atoms with Crippen molar-refractivity contribution in [1.82, 2.24) is 15.2 Å². The molecular weight excluding hydrogens is 328 g/mol. The number of urea groups is 1. The van der Waals surface area contributed by atoms with Crippen LogP contribution in [0.15, 0.2) is 5.38 Å². The number of likely N-dealkylation sites (tertiary alicyclic amines) is 1. The SMILES string of the molecule is C#Cc1nc(NC(=O)N[C@@H](CO)C(=O)N2CCC3(CC2)CC3)cs1. The van der Waals surface area contributed by atoms with Gasteiger partial charge in [0.2, 0.25) is 5.91 Å². The summed E-state index contributed by atoms with van der Waals surface area (Å²) in [5, 5.41) is 16.6. The Bertz CT molecular complexity index is 667. The zero-order valence-corrected chi connectivity index (χ0v) is 14.1. The number of aliphatic hydroxyl groups is 1. The molecule has 0 radical (unpaired) electrons. The standard InChI is InChI=1S/C16H20N4O3S/c1-2-13-18-12(10-24-13)19-15(23)17-11(9-21)14(22)20-7-5-16(3-4-16)6-8-20/h1,10-11,21H,3-9H2,(H2,17,19,23)/t11-/m0/s1. The van der Waals surface area contributed by atoms with Crippen LogP contribution >= 0.6 is 11.3 Å². The fraction of sp³-hybridized carbons (Fsp3) is 0.562. The van der Waals surface area contributed by atoms with E-state index in [2.05, 4.69) is 21.5 Å². The minimum Gasteiger partial charge on any atom is -0.394 e. The molecule has 0 bridgehead atoms. The fourth-order valence-corrected chi connectivity index (χ4v) is 3.55. The van der Waals surface area contributed by atoms with E-state index < -0.39 is 18.7 Å². The molecule has 1 aromatic rings. The summed E-state index contributed by atoms with van der Waals surface area (Å²) in [6, 6.07) is -1.55. The number of terminal acetylenes is 1. The zero-order valence-electron chi connectivity index (χ0n) is 13.2. The van der Waals surface area contributed by atoms with Crippen molar-refractivity contribution in [3.63, 3.8) is 0 Å². The first-order valence-corrected chi connectivity index (χ1v) is 8.82. The second-order valence-electron chi connectivity index (χ2n) is 6.34. The van der Waals surface area contributed by atoms with Crippen molar-refractivity contribution in [3.05, 3.63) is 10.4 Å². The highest BCUT2D eigenvalue weighted by molar-refractivity contribution is 7.10. The Kier molecular flexibility index (Phi) is 4.73. The lowest BCUT2D eigenvalue weighted by molar-refractivity contribution is -0.135. The summed E-state index contributed by atoms with van der Waals surface area (Å²) in [7, 11) is 0. The number of aromatic nitrogens is 1. The molecule has 0 unspecified atom stereocenters. The summed E-state index contributed by atoms with van der Waals surface area (Å²) in [5.74, 6) is 2.46. The van der Waals surface area contributed by atoms with Gasteiger partial charge < -0.3 is 15.3 Å². The Morgan fingerprint density at radius 2 is 2.12 bits per heavy atom. The maximum Gasteiger partial charge on any atom is 0.321 e. The molecule has 7 nitrogen and oxygen atoms in total. The third kappa shape index (κ3) is 3.68. The molecular formula is C16H20N4O3S. The predicted octanol–water partition coefficient (Wildman–Crippen LogP) is 1.01. The molecule has 1 saturated heterocycles. The van der Waals surface area contributed by atoms with Gasteiger partial charge in [-0.1, -0.05) is 0 Å². The van der Waals surface area contributed by atoms with E-state index in [0.717, 1.165) is 12.8 Å². The summed E-state index contributed by atoms with van der Waals surface area (Å²) in [5.41, 5.74) is 0.468. The first-order chi connectivity index (χ1) is 11.5. The number of rotatable bonds is 4. The quantitative estimate of drug-likeness (QED) is 0.708. The van der Waals surface area contributed by atoms with Crippen LogP contribution in [0.3, 0.4) is 0 Å². The number of thiazole rings is 1. The molecule has 1 aliphatic heterocycles. The van der Waals surface area contributed by atoms with Gasteiger partial charge >= 0.3 is 6.03 Å². The smallest absolute Gasteiger partial charge is 0.321 e. The summed E-state index contributed by atoms with van der Waals surface area (Å²) in [6.07, 6.45) is 9.76. The number of nitrogens with one attached hydrogen (secondary N) is 2. The molecule has 1 aromatic heterocycles. The highest BCUT2D eigenvalue weighted by Gasteiger charge is 2.45. The van der Waals surface area contributed by atoms with Gasteiger partial charge in [-0.2, -0.15) is 0 Å². The van der Waals surface area contributed by atoms with E-state index in [1.54, 1.807) is 10.3 Å². The lowest BCUT2D eigenvalue weighted by atomic mass is 9.93. The second kappa shape index (κ2) is 6.79. The summed E-state index contributed by atoms with van der Waals surface area (Å²) in [6.45, 7) is 0.938. The van der Waals surface area contributed by atoms with Crippen molar-refractivity contribution in [2.24, 2.45) is 5.41 Å². The Morgan fingerprint density at radius 3 is 2.67 bits per heavy atom. The van der Waals surface area contributed by atoms with Crippen LogP contribution in [0, 0.1) is 17.8 Å². The van der Waals surface area contributed by atoms with E-state index in [4.69, 9.17) is 6.42 Å². The molecule has 128 valence electrons. The lowest BCUT2D eigenvalue weighted by Crippen LogP contribution is -2.53. The van der Waals surface area contributed by atoms with Gasteiger partial charge in [-0.25, -0.2) is 9.78 Å². The summed E-state index contributed by atoms with van der Waals surface area (Å²) < 4.78 is 0. The number of amides is 3. The van der Waals surface area contributed by atoms with Crippen LogP contribution in [0.25, 0.3) is 0 Å². The highest BCUT2D eigenvalue weighted by Crippen LogP contribution is 2.53. The summed E-state index contributed by atoms with van der Waals surface area (Å²) in [4.78, 5) is 30.2. The van der Waals surface area contributed by atoms with Gasteiger partial charge in [-0.3, -0.25) is 10.1 Å². The first kappa shape index (κ1) is 16.7. The number of carbonyl (C=O) groups is 2. The van der Waals surface area contributed by atoms with Crippen molar-refractivity contribution in [2.45, 2.75) is 31.7 Å². The van der Waals surface area contributed by atoms with Crippen LogP contribution in [-0.2, 0) is 4.79 Å². The highest BCUT2D eigenvalue weighted by atomic mass is 32.1. The number of anilines is 1. The normalized spacial score (nSPS) is 19.4. The fourth-order valence-electron chi connectivity index (χ4n) is 2.99. The van der Waals surface area contributed by atoms with Crippen LogP contribution in [0.4, 0.5) is 10.6 Å². The molecule has 24 heavy (non-hydrogen) atoms. The number of hydrogen-bond acceptors (Lipinski definition) is 5. The van der Waals surface area contributed by atoms with Crippen molar-refractivity contribution >= 4 is 29.1 Å². The topological polar surface area (TPSA) is 94.6 Å². The molecule has 2 heterocycles. The van der Waals surface area contributed by atoms with Gasteiger partial charge in [0.05, 0.1) is 6.61 Å². The third-order valence-electron chi connectivity index (χ3n) is 4.75. The van der Waals surface area contributed by atoms with Crippen LogP contribution in [-0.4, -0.2) is 52.7 Å². The van der Waals surface area contributed by atoms with E-state index in [1.807, 2.05) is 0 Å². The average molecular weight is 348 g/mol. The van der Waals surface area contributed by atoms with Gasteiger partial charge in [-0.15, -0.1) is 17.8 Å². The molecule has 2 fully saturated rings. The van der Waals surface area contributed by atoms with Crippen molar-refractivity contribution in [1.29, 1.82) is 0 Å². The molecule has 1 aliphatic carbocycles. The van der Waals surface area contributed by atoms with E-state index in [0.29, 0.717) is 29.3 Å². The van der Waals surface area contributed by atoms with Crippen LogP contribution in [0.1, 0.15) is 30.7 Å². The van der Waals surface area contributed by atoms with Crippen LogP contribution in [0.2, 0.25) is 0 Å². The first-order valence-electron chi connectivity index (χ1n) is 7.94. The lowest BCUT2D eigenvalue weighted by Gasteiger charge is -2.34. The molecule has 3 amide bonds. The molecule has 3 N–H and O–H groups in total. The van der Waals surface area contributed by atoms with Gasteiger partial charge in [0, 0.05) is 18.5 Å². The molecule has 2 aliphatic rings. The van der Waals surface area contributed by atoms with Crippen molar-refractivity contribution in [3.8, 4) is 12.3 Å². The van der Waals surface area contributed by atoms with E-state index in [1.165, 1.54) is 24.2 Å². The van der Waals surface area contributed by atoms with E-state index >= 15 is 0 Å². The zero-order chi connectivity index (χ0) is 17.2. The molecule has 1 atom stereocenters. The van der Waals surface area contributed by atoms with Gasteiger partial charge in [-0.05, 0) is 37.0 Å². The minimum atomic E-state index is -0.955. The Balaban J connectivity index is 1.52. The Morgan fingerprint density at radius 1 is 1.42 bits per heavy atom. The largest absolute Gasteiger partial charge is 0.394 e. The molecule has 1 spiro atoms. The maximum absolute atomic E-state index is 12.5. The number of nitrogens with zero attached hydrogens (tertiary/aromatic N) is 2. The van der Waals surface area contributed by atoms with Crippen LogP contribution < -0.4 is 10.6 Å². The molecule has 8 heteroatoms. The number of piperidine rings is 1. The number of carbonyl (C=O) groups excluding carboxylic acids is 2. The summed E-state index contributed by atoms with van der Waals surface area (Å²) >= 11 is 1.24. The Labute approximate surface area is 144 Å². The minimum absolute atomic E-state index is 0.245. The Hall–Kier alpha value is -2.11. The van der Waals surface area contributed by atoms with E-state index in [9.17, 15) is 14.7 Å². The van der Waals surface area contributed by atoms with Gasteiger partial charge in [0.15, 0.2) is 5.01 Å². The van der Waals surface area contributed by atoms with Gasteiger partial charge in [0.25, 0.3) is 0 Å². The number of aliphatic hydroxyl groups excluding tert-OH is 1. The van der Waals surface area contributed by atoms with Crippen LogP contribution in [0.5, 0.6) is 0 Å². The monoisotopic (exact) mass is 348 g/mol. The predicted molar refractivity (Wildman–Crippen MR) is 90.6 cm³/mol. The molecule has 0 aromatic carbocycles. The van der Waals surface area contributed by atoms with Crippen molar-refractivity contribution in [2.75, 3.05) is 25.0 Å². The third-order valence-corrected chi connectivity index (χ3v) is 5.52. The van der Waals surface area contributed by atoms with Gasteiger partial charge in [0.1, 0.15) is 11.9 Å². The number of hydrogen-bond donors (Lipinski definition) is 3. The van der Waals surface area contributed by atoms with E-state index in [-0.39, 0.29) is 5.91 Å².